The molecular formula is C10H10F3NOS. The Morgan fingerprint density at radius 3 is 2.31 bits per heavy atom. The van der Waals surface area contributed by atoms with Crippen LogP contribution >= 0.6 is 11.8 Å². The van der Waals surface area contributed by atoms with E-state index >= 15 is 0 Å². The number of alkyl halides is 3. The van der Waals surface area contributed by atoms with E-state index in [1.54, 1.807) is 29.2 Å². The second-order valence-electron chi connectivity index (χ2n) is 3.08. The van der Waals surface area contributed by atoms with Gasteiger partial charge < -0.3 is 5.32 Å². The zero-order valence-corrected chi connectivity index (χ0v) is 9.28. The standard InChI is InChI=1S/C10H10F3NOS/c1-16-6-7-2-4-8(5-3-7)14-9(15)10(11,12)13/h2-5H,6H2,1H3,(H,14,15). The second kappa shape index (κ2) is 5.25. The van der Waals surface area contributed by atoms with Crippen molar-refractivity contribution in [1.82, 2.24) is 0 Å². The van der Waals surface area contributed by atoms with Crippen LogP contribution < -0.4 is 5.32 Å². The van der Waals surface area contributed by atoms with Gasteiger partial charge in [-0.15, -0.1) is 0 Å². The van der Waals surface area contributed by atoms with E-state index in [-0.39, 0.29) is 5.69 Å². The molecule has 1 N–H and O–H groups in total. The van der Waals surface area contributed by atoms with Crippen LogP contribution in [0.3, 0.4) is 0 Å². The summed E-state index contributed by atoms with van der Waals surface area (Å²) in [7, 11) is 0. The highest BCUT2D eigenvalue weighted by atomic mass is 32.2. The molecule has 0 aliphatic heterocycles. The van der Waals surface area contributed by atoms with Crippen molar-refractivity contribution in [3.8, 4) is 0 Å². The van der Waals surface area contributed by atoms with E-state index < -0.39 is 12.1 Å². The summed E-state index contributed by atoms with van der Waals surface area (Å²) >= 11 is 1.61. The van der Waals surface area contributed by atoms with Crippen molar-refractivity contribution >= 4 is 23.4 Å². The molecule has 2 nitrogen and oxygen atoms in total. The van der Waals surface area contributed by atoms with Crippen LogP contribution in [0, 0.1) is 0 Å². The van der Waals surface area contributed by atoms with Gasteiger partial charge in [-0.1, -0.05) is 12.1 Å². The molecule has 0 atom stereocenters. The van der Waals surface area contributed by atoms with E-state index in [1.165, 1.54) is 12.1 Å². The highest BCUT2D eigenvalue weighted by Crippen LogP contribution is 2.19. The Labute approximate surface area is 95.2 Å². The minimum Gasteiger partial charge on any atom is -0.318 e. The number of benzene rings is 1. The summed E-state index contributed by atoms with van der Waals surface area (Å²) in [5.41, 5.74) is 1.14. The number of amides is 1. The molecule has 0 aromatic heterocycles. The summed E-state index contributed by atoms with van der Waals surface area (Å²) in [6, 6.07) is 6.27. The third-order valence-electron chi connectivity index (χ3n) is 1.78. The summed E-state index contributed by atoms with van der Waals surface area (Å²) in [6.45, 7) is 0. The van der Waals surface area contributed by atoms with Crippen molar-refractivity contribution in [2.75, 3.05) is 11.6 Å². The largest absolute Gasteiger partial charge is 0.471 e. The van der Waals surface area contributed by atoms with Gasteiger partial charge in [0.05, 0.1) is 0 Å². The smallest absolute Gasteiger partial charge is 0.318 e. The van der Waals surface area contributed by atoms with Gasteiger partial charge in [0.15, 0.2) is 0 Å². The van der Waals surface area contributed by atoms with Gasteiger partial charge in [-0.05, 0) is 24.0 Å². The molecule has 0 heterocycles. The topological polar surface area (TPSA) is 29.1 Å². The first-order valence-electron chi connectivity index (χ1n) is 4.39. The normalized spacial score (nSPS) is 11.2. The van der Waals surface area contributed by atoms with Gasteiger partial charge in [-0.2, -0.15) is 24.9 Å². The first kappa shape index (κ1) is 12.9. The first-order chi connectivity index (χ1) is 7.43. The zero-order chi connectivity index (χ0) is 12.2. The predicted molar refractivity (Wildman–Crippen MR) is 58.3 cm³/mol. The summed E-state index contributed by atoms with van der Waals surface area (Å²) < 4.78 is 35.8. The zero-order valence-electron chi connectivity index (χ0n) is 8.47. The van der Waals surface area contributed by atoms with Crippen LogP contribution in [-0.4, -0.2) is 18.3 Å². The number of rotatable bonds is 3. The number of hydrogen-bond donors (Lipinski definition) is 1. The predicted octanol–water partition coefficient (Wildman–Crippen LogP) is 3.05. The molecule has 0 aliphatic rings. The average Bonchev–Trinajstić information content (AvgIpc) is 2.20. The fourth-order valence-corrected chi connectivity index (χ4v) is 1.58. The summed E-state index contributed by atoms with van der Waals surface area (Å²) in [6.07, 6.45) is -2.92. The maximum Gasteiger partial charge on any atom is 0.471 e. The number of halogens is 3. The number of thioether (sulfide) groups is 1. The van der Waals surface area contributed by atoms with Crippen LogP contribution in [0.5, 0.6) is 0 Å². The SMILES string of the molecule is CSCc1ccc(NC(=O)C(F)(F)F)cc1. The van der Waals surface area contributed by atoms with E-state index in [0.717, 1.165) is 11.3 Å². The number of anilines is 1. The second-order valence-corrected chi connectivity index (χ2v) is 3.95. The van der Waals surface area contributed by atoms with Gasteiger partial charge in [-0.25, -0.2) is 0 Å². The highest BCUT2D eigenvalue weighted by molar-refractivity contribution is 7.97. The Hall–Kier alpha value is -1.17. The molecule has 16 heavy (non-hydrogen) atoms. The van der Waals surface area contributed by atoms with Gasteiger partial charge in [0.2, 0.25) is 0 Å². The van der Waals surface area contributed by atoms with Crippen LogP contribution in [0.25, 0.3) is 0 Å². The molecular weight excluding hydrogens is 239 g/mol. The van der Waals surface area contributed by atoms with Crippen molar-refractivity contribution in [3.05, 3.63) is 29.8 Å². The van der Waals surface area contributed by atoms with Crippen molar-refractivity contribution < 1.29 is 18.0 Å². The molecule has 1 aromatic carbocycles. The maximum atomic E-state index is 11.9. The molecule has 6 heteroatoms. The molecule has 0 saturated heterocycles. The number of carbonyl (C=O) groups is 1. The fourth-order valence-electron chi connectivity index (χ4n) is 1.05. The Morgan fingerprint density at radius 1 is 1.31 bits per heavy atom. The van der Waals surface area contributed by atoms with Crippen molar-refractivity contribution in [3.63, 3.8) is 0 Å². The van der Waals surface area contributed by atoms with Crippen LogP contribution in [0.1, 0.15) is 5.56 Å². The molecule has 1 aromatic rings. The van der Waals surface area contributed by atoms with Crippen molar-refractivity contribution in [2.45, 2.75) is 11.9 Å². The Bertz CT molecular complexity index is 361. The molecule has 0 bridgehead atoms. The van der Waals surface area contributed by atoms with E-state index in [0.29, 0.717) is 0 Å². The van der Waals surface area contributed by atoms with E-state index in [2.05, 4.69) is 0 Å². The number of nitrogens with one attached hydrogen (secondary N) is 1. The average molecular weight is 249 g/mol. The van der Waals surface area contributed by atoms with Gasteiger partial charge >= 0.3 is 12.1 Å². The monoisotopic (exact) mass is 249 g/mol. The molecule has 1 rings (SSSR count). The Kier molecular flexibility index (Phi) is 4.23. The van der Waals surface area contributed by atoms with Gasteiger partial charge in [0, 0.05) is 11.4 Å². The lowest BCUT2D eigenvalue weighted by atomic mass is 10.2. The minimum absolute atomic E-state index is 0.146. The number of hydrogen-bond acceptors (Lipinski definition) is 2. The third-order valence-corrected chi connectivity index (χ3v) is 2.40. The van der Waals surface area contributed by atoms with Crippen LogP contribution in [0.15, 0.2) is 24.3 Å². The summed E-state index contributed by atoms with van der Waals surface area (Å²) in [5.74, 6) is -1.17. The van der Waals surface area contributed by atoms with E-state index in [1.807, 2.05) is 6.26 Å². The molecule has 88 valence electrons. The third kappa shape index (κ3) is 3.77. The quantitative estimate of drug-likeness (QED) is 0.892. The Morgan fingerprint density at radius 2 is 1.88 bits per heavy atom. The molecule has 0 aliphatic carbocycles. The molecule has 0 saturated carbocycles. The Balaban J connectivity index is 2.65. The molecule has 0 fully saturated rings. The van der Waals surface area contributed by atoms with Crippen LogP contribution in [-0.2, 0) is 10.5 Å². The molecule has 0 radical (unpaired) electrons. The molecule has 1 amide bonds. The lowest BCUT2D eigenvalue weighted by Crippen LogP contribution is -2.29. The number of carbonyl (C=O) groups excluding carboxylic acids is 1. The van der Waals surface area contributed by atoms with Crippen LogP contribution in [0.4, 0.5) is 18.9 Å². The van der Waals surface area contributed by atoms with Gasteiger partial charge in [-0.3, -0.25) is 4.79 Å². The summed E-state index contributed by atoms with van der Waals surface area (Å²) in [4.78, 5) is 10.6. The van der Waals surface area contributed by atoms with Crippen LogP contribution in [0.2, 0.25) is 0 Å². The van der Waals surface area contributed by atoms with Crippen molar-refractivity contribution in [2.24, 2.45) is 0 Å². The highest BCUT2D eigenvalue weighted by Gasteiger charge is 2.38. The van der Waals surface area contributed by atoms with Gasteiger partial charge in [0.25, 0.3) is 0 Å². The fraction of sp³-hybridized carbons (Fsp3) is 0.300. The van der Waals surface area contributed by atoms with E-state index in [9.17, 15) is 18.0 Å². The first-order valence-corrected chi connectivity index (χ1v) is 5.79. The van der Waals surface area contributed by atoms with Crippen molar-refractivity contribution in [1.29, 1.82) is 0 Å². The van der Waals surface area contributed by atoms with E-state index in [4.69, 9.17) is 0 Å². The van der Waals surface area contributed by atoms with Gasteiger partial charge in [0.1, 0.15) is 0 Å². The summed E-state index contributed by atoms with van der Waals surface area (Å²) in [5, 5.41) is 1.78. The lowest BCUT2D eigenvalue weighted by Gasteiger charge is -2.08. The molecule has 0 unspecified atom stereocenters. The lowest BCUT2D eigenvalue weighted by molar-refractivity contribution is -0.167. The molecule has 0 spiro atoms. The maximum absolute atomic E-state index is 11.9. The minimum atomic E-state index is -4.85.